The third-order valence-corrected chi connectivity index (χ3v) is 3.19. The number of hydrogen-bond acceptors (Lipinski definition) is 2. The van der Waals surface area contributed by atoms with Crippen molar-refractivity contribution in [2.24, 2.45) is 5.92 Å². The van der Waals surface area contributed by atoms with Gasteiger partial charge in [-0.2, -0.15) is 0 Å². The molecule has 5 heteroatoms. The molecule has 1 aromatic carbocycles. The van der Waals surface area contributed by atoms with Crippen LogP contribution in [0, 0.1) is 5.92 Å². The number of aliphatic carboxylic acids is 1. The van der Waals surface area contributed by atoms with Crippen LogP contribution in [0.15, 0.2) is 30.3 Å². The lowest BCUT2D eigenvalue weighted by Gasteiger charge is -2.19. The van der Waals surface area contributed by atoms with Gasteiger partial charge in [-0.3, -0.25) is 9.59 Å². The van der Waals surface area contributed by atoms with Crippen molar-refractivity contribution in [3.8, 4) is 0 Å². The van der Waals surface area contributed by atoms with E-state index in [0.717, 1.165) is 5.56 Å². The number of nitrogens with one attached hydrogen (secondary N) is 1. The molecule has 108 valence electrons. The number of rotatable bonds is 6. The van der Waals surface area contributed by atoms with Crippen molar-refractivity contribution in [3.05, 3.63) is 40.9 Å². The maximum atomic E-state index is 11.8. The fourth-order valence-corrected chi connectivity index (χ4v) is 1.85. The van der Waals surface area contributed by atoms with Gasteiger partial charge in [-0.1, -0.05) is 43.6 Å². The average molecular weight is 296 g/mol. The first-order valence-corrected chi connectivity index (χ1v) is 6.73. The van der Waals surface area contributed by atoms with Crippen molar-refractivity contribution in [1.29, 1.82) is 0 Å². The number of amides is 1. The molecule has 1 rings (SSSR count). The lowest BCUT2D eigenvalue weighted by atomic mass is 10.0. The molecule has 1 aromatic rings. The molecule has 1 unspecified atom stereocenters. The largest absolute Gasteiger partial charge is 0.481 e. The second-order valence-corrected chi connectivity index (χ2v) is 5.22. The molecule has 20 heavy (non-hydrogen) atoms. The van der Waals surface area contributed by atoms with E-state index in [1.165, 1.54) is 6.08 Å². The molecule has 0 fully saturated rings. The molecule has 2 N–H and O–H groups in total. The van der Waals surface area contributed by atoms with Crippen LogP contribution >= 0.6 is 11.6 Å². The SMILES string of the molecule is CC(C)C(CC(=O)O)NC(=O)/C=C/c1ccccc1Cl. The summed E-state index contributed by atoms with van der Waals surface area (Å²) in [5.41, 5.74) is 0.739. The van der Waals surface area contributed by atoms with Gasteiger partial charge in [0, 0.05) is 17.1 Å². The molecular weight excluding hydrogens is 278 g/mol. The average Bonchev–Trinajstić information content (AvgIpc) is 2.36. The molecule has 4 nitrogen and oxygen atoms in total. The van der Waals surface area contributed by atoms with E-state index in [-0.39, 0.29) is 18.2 Å². The van der Waals surface area contributed by atoms with E-state index >= 15 is 0 Å². The van der Waals surface area contributed by atoms with Crippen LogP contribution < -0.4 is 5.32 Å². The Hall–Kier alpha value is -1.81. The zero-order valence-corrected chi connectivity index (χ0v) is 12.2. The van der Waals surface area contributed by atoms with Gasteiger partial charge in [0.15, 0.2) is 0 Å². The predicted octanol–water partition coefficient (Wildman–Crippen LogP) is 2.97. The number of carboxylic acid groups (broad SMARTS) is 1. The Kier molecular flexibility index (Phi) is 6.25. The highest BCUT2D eigenvalue weighted by Gasteiger charge is 2.18. The molecule has 0 bridgehead atoms. The predicted molar refractivity (Wildman–Crippen MR) is 79.5 cm³/mol. The van der Waals surface area contributed by atoms with Gasteiger partial charge in [-0.05, 0) is 23.6 Å². The van der Waals surface area contributed by atoms with Crippen LogP contribution in [0.25, 0.3) is 6.08 Å². The Morgan fingerprint density at radius 2 is 2.00 bits per heavy atom. The van der Waals surface area contributed by atoms with Crippen molar-refractivity contribution in [2.45, 2.75) is 26.3 Å². The summed E-state index contributed by atoms with van der Waals surface area (Å²) in [4.78, 5) is 22.5. The second-order valence-electron chi connectivity index (χ2n) is 4.81. The van der Waals surface area contributed by atoms with Gasteiger partial charge >= 0.3 is 5.97 Å². The van der Waals surface area contributed by atoms with E-state index < -0.39 is 12.0 Å². The van der Waals surface area contributed by atoms with Gasteiger partial charge in [0.2, 0.25) is 5.91 Å². The zero-order chi connectivity index (χ0) is 15.1. The Morgan fingerprint density at radius 1 is 1.35 bits per heavy atom. The number of carboxylic acids is 1. The maximum absolute atomic E-state index is 11.8. The quantitative estimate of drug-likeness (QED) is 0.793. The highest BCUT2D eigenvalue weighted by atomic mass is 35.5. The fraction of sp³-hybridized carbons (Fsp3) is 0.333. The minimum Gasteiger partial charge on any atom is -0.481 e. The number of benzene rings is 1. The first-order chi connectivity index (χ1) is 9.40. The van der Waals surface area contributed by atoms with Crippen molar-refractivity contribution in [3.63, 3.8) is 0 Å². The Bertz CT molecular complexity index is 512. The topological polar surface area (TPSA) is 66.4 Å². The summed E-state index contributed by atoms with van der Waals surface area (Å²) in [6.07, 6.45) is 2.87. The van der Waals surface area contributed by atoms with Gasteiger partial charge in [-0.15, -0.1) is 0 Å². The summed E-state index contributed by atoms with van der Waals surface area (Å²) in [7, 11) is 0. The van der Waals surface area contributed by atoms with Gasteiger partial charge in [-0.25, -0.2) is 0 Å². The monoisotopic (exact) mass is 295 g/mol. The van der Waals surface area contributed by atoms with E-state index in [4.69, 9.17) is 16.7 Å². The summed E-state index contributed by atoms with van der Waals surface area (Å²) in [6.45, 7) is 3.73. The van der Waals surface area contributed by atoms with Crippen LogP contribution in [0.4, 0.5) is 0 Å². The lowest BCUT2D eigenvalue weighted by Crippen LogP contribution is -2.39. The molecule has 0 aromatic heterocycles. The number of carbonyl (C=O) groups is 2. The first-order valence-electron chi connectivity index (χ1n) is 6.35. The molecule has 0 aliphatic heterocycles. The molecule has 0 heterocycles. The molecule has 0 aliphatic carbocycles. The van der Waals surface area contributed by atoms with Gasteiger partial charge < -0.3 is 10.4 Å². The van der Waals surface area contributed by atoms with E-state index in [2.05, 4.69) is 5.32 Å². The minimum absolute atomic E-state index is 0.0452. The molecule has 0 saturated carbocycles. The van der Waals surface area contributed by atoms with Gasteiger partial charge in [0.1, 0.15) is 0 Å². The van der Waals surface area contributed by atoms with Crippen molar-refractivity contribution >= 4 is 29.6 Å². The van der Waals surface area contributed by atoms with E-state index in [9.17, 15) is 9.59 Å². The molecule has 1 atom stereocenters. The van der Waals surface area contributed by atoms with E-state index in [1.54, 1.807) is 24.3 Å². The van der Waals surface area contributed by atoms with Gasteiger partial charge in [0.05, 0.1) is 6.42 Å². The summed E-state index contributed by atoms with van der Waals surface area (Å²) in [5.74, 6) is -1.22. The molecular formula is C15H18ClNO3. The second kappa shape index (κ2) is 7.70. The minimum atomic E-state index is -0.931. The van der Waals surface area contributed by atoms with Crippen LogP contribution in [-0.4, -0.2) is 23.0 Å². The van der Waals surface area contributed by atoms with Crippen LogP contribution in [0.3, 0.4) is 0 Å². The van der Waals surface area contributed by atoms with Gasteiger partial charge in [0.25, 0.3) is 0 Å². The zero-order valence-electron chi connectivity index (χ0n) is 11.5. The molecule has 0 radical (unpaired) electrons. The van der Waals surface area contributed by atoms with Crippen molar-refractivity contribution in [1.82, 2.24) is 5.32 Å². The molecule has 0 spiro atoms. The van der Waals surface area contributed by atoms with Crippen LogP contribution in [0.5, 0.6) is 0 Å². The molecule has 0 saturated heterocycles. The first kappa shape index (κ1) is 16.2. The van der Waals surface area contributed by atoms with Crippen molar-refractivity contribution < 1.29 is 14.7 Å². The Labute approximate surface area is 123 Å². The maximum Gasteiger partial charge on any atom is 0.305 e. The highest BCUT2D eigenvalue weighted by Crippen LogP contribution is 2.16. The van der Waals surface area contributed by atoms with Crippen LogP contribution in [0.1, 0.15) is 25.8 Å². The Balaban J connectivity index is 2.66. The highest BCUT2D eigenvalue weighted by molar-refractivity contribution is 6.32. The smallest absolute Gasteiger partial charge is 0.305 e. The van der Waals surface area contributed by atoms with Crippen LogP contribution in [0.2, 0.25) is 5.02 Å². The Morgan fingerprint density at radius 3 is 2.55 bits per heavy atom. The number of halogens is 1. The summed E-state index contributed by atoms with van der Waals surface area (Å²) in [5, 5.41) is 12.0. The van der Waals surface area contributed by atoms with E-state index in [0.29, 0.717) is 5.02 Å². The third kappa shape index (κ3) is 5.45. The van der Waals surface area contributed by atoms with E-state index in [1.807, 2.05) is 19.9 Å². The summed E-state index contributed by atoms with van der Waals surface area (Å²) < 4.78 is 0. The lowest BCUT2D eigenvalue weighted by molar-refractivity contribution is -0.138. The molecule has 0 aliphatic rings. The standard InChI is InChI=1S/C15H18ClNO3/c1-10(2)13(9-15(19)20)17-14(18)8-7-11-5-3-4-6-12(11)16/h3-8,10,13H,9H2,1-2H3,(H,17,18)(H,19,20)/b8-7+. The normalized spacial score (nSPS) is 12.6. The van der Waals surface area contributed by atoms with Crippen LogP contribution in [-0.2, 0) is 9.59 Å². The fourth-order valence-electron chi connectivity index (χ4n) is 1.65. The number of carbonyl (C=O) groups excluding carboxylic acids is 1. The molecule has 1 amide bonds. The number of hydrogen-bond donors (Lipinski definition) is 2. The third-order valence-electron chi connectivity index (χ3n) is 2.85. The summed E-state index contributed by atoms with van der Waals surface area (Å²) >= 11 is 5.97. The summed E-state index contributed by atoms with van der Waals surface area (Å²) in [6, 6.07) is 6.77. The van der Waals surface area contributed by atoms with Crippen molar-refractivity contribution in [2.75, 3.05) is 0 Å².